The van der Waals surface area contributed by atoms with Crippen molar-refractivity contribution in [3.63, 3.8) is 0 Å². The molecule has 0 aliphatic heterocycles. The molecule has 0 aliphatic carbocycles. The normalized spacial score (nSPS) is 10.2. The fourth-order valence-corrected chi connectivity index (χ4v) is 1.73. The number of hydrogen-bond acceptors (Lipinski definition) is 4. The van der Waals surface area contributed by atoms with E-state index in [4.69, 9.17) is 0 Å². The van der Waals surface area contributed by atoms with E-state index in [2.05, 4.69) is 15.3 Å². The summed E-state index contributed by atoms with van der Waals surface area (Å²) in [6.45, 7) is 1.89. The van der Waals surface area contributed by atoms with Crippen LogP contribution >= 0.6 is 0 Å². The van der Waals surface area contributed by atoms with Crippen molar-refractivity contribution in [1.82, 2.24) is 9.97 Å². The van der Waals surface area contributed by atoms with Crippen molar-refractivity contribution in [2.45, 2.75) is 6.92 Å². The average Bonchev–Trinajstić information content (AvgIpc) is 2.39. The van der Waals surface area contributed by atoms with Crippen LogP contribution in [0.3, 0.4) is 0 Å². The number of nitrogens with zero attached hydrogens (tertiary/aromatic N) is 3. The van der Waals surface area contributed by atoms with Gasteiger partial charge in [0.1, 0.15) is 11.6 Å². The van der Waals surface area contributed by atoms with Gasteiger partial charge in [-0.1, -0.05) is 12.1 Å². The molecule has 0 atom stereocenters. The van der Waals surface area contributed by atoms with E-state index in [0.717, 1.165) is 5.56 Å². The van der Waals surface area contributed by atoms with Gasteiger partial charge >= 0.3 is 0 Å². The molecule has 0 spiro atoms. The van der Waals surface area contributed by atoms with Crippen molar-refractivity contribution in [3.8, 4) is 0 Å². The molecule has 18 heavy (non-hydrogen) atoms. The minimum absolute atomic E-state index is 0.274. The highest BCUT2D eigenvalue weighted by Crippen LogP contribution is 2.27. The van der Waals surface area contributed by atoms with Crippen molar-refractivity contribution < 1.29 is 4.39 Å². The topological polar surface area (TPSA) is 41.1 Å². The fraction of sp³-hybridized carbons (Fsp3) is 0.231. The van der Waals surface area contributed by atoms with Gasteiger partial charge in [-0.05, 0) is 19.1 Å². The lowest BCUT2D eigenvalue weighted by Gasteiger charge is -2.21. The number of nitrogens with one attached hydrogen (secondary N) is 1. The summed E-state index contributed by atoms with van der Waals surface area (Å²) >= 11 is 0. The first-order chi connectivity index (χ1) is 8.63. The van der Waals surface area contributed by atoms with Crippen LogP contribution in [0.4, 0.5) is 21.8 Å². The van der Waals surface area contributed by atoms with Crippen LogP contribution in [0.1, 0.15) is 5.56 Å². The maximum atomic E-state index is 13.7. The highest BCUT2D eigenvalue weighted by atomic mass is 19.1. The molecule has 94 valence electrons. The molecule has 0 aliphatic rings. The Labute approximate surface area is 105 Å². The van der Waals surface area contributed by atoms with Gasteiger partial charge in [0.25, 0.3) is 0 Å². The Hall–Kier alpha value is -2.17. The molecule has 2 aromatic rings. The Morgan fingerprint density at radius 2 is 2.00 bits per heavy atom. The first-order valence-corrected chi connectivity index (χ1v) is 5.63. The SMILES string of the molecule is CNc1ncc(C)c(N(C)c2ccccc2F)n1. The quantitative estimate of drug-likeness (QED) is 0.904. The van der Waals surface area contributed by atoms with Crippen LogP contribution in [0.15, 0.2) is 30.5 Å². The van der Waals surface area contributed by atoms with Gasteiger partial charge in [-0.3, -0.25) is 0 Å². The monoisotopic (exact) mass is 246 g/mol. The summed E-state index contributed by atoms with van der Waals surface area (Å²) < 4.78 is 13.7. The predicted molar refractivity (Wildman–Crippen MR) is 70.8 cm³/mol. The number of aromatic nitrogens is 2. The maximum absolute atomic E-state index is 13.7. The number of para-hydroxylation sites is 1. The molecular weight excluding hydrogens is 231 g/mol. The van der Waals surface area contributed by atoms with E-state index in [1.54, 1.807) is 43.4 Å². The molecule has 0 saturated carbocycles. The molecule has 0 radical (unpaired) electrons. The Balaban J connectivity index is 2.45. The van der Waals surface area contributed by atoms with Gasteiger partial charge in [0.2, 0.25) is 5.95 Å². The maximum Gasteiger partial charge on any atom is 0.224 e. The zero-order valence-corrected chi connectivity index (χ0v) is 10.6. The van der Waals surface area contributed by atoms with Gasteiger partial charge in [0.15, 0.2) is 0 Å². The van der Waals surface area contributed by atoms with Gasteiger partial charge in [-0.25, -0.2) is 9.37 Å². The lowest BCUT2D eigenvalue weighted by atomic mass is 10.2. The van der Waals surface area contributed by atoms with E-state index < -0.39 is 0 Å². The van der Waals surface area contributed by atoms with Crippen LogP contribution in [0.25, 0.3) is 0 Å². The molecule has 0 unspecified atom stereocenters. The smallest absolute Gasteiger partial charge is 0.224 e. The van der Waals surface area contributed by atoms with Crippen LogP contribution in [-0.4, -0.2) is 24.1 Å². The molecule has 1 N–H and O–H groups in total. The largest absolute Gasteiger partial charge is 0.357 e. The highest BCUT2D eigenvalue weighted by Gasteiger charge is 2.13. The molecule has 0 saturated heterocycles. The molecular formula is C13H15FN4. The van der Waals surface area contributed by atoms with Crippen molar-refractivity contribution in [2.24, 2.45) is 0 Å². The second-order valence-electron chi connectivity index (χ2n) is 3.96. The molecule has 4 nitrogen and oxygen atoms in total. The molecule has 0 fully saturated rings. The molecule has 1 aromatic carbocycles. The lowest BCUT2D eigenvalue weighted by molar-refractivity contribution is 0.627. The molecule has 1 aromatic heterocycles. The Morgan fingerprint density at radius 3 is 2.67 bits per heavy atom. The zero-order valence-electron chi connectivity index (χ0n) is 10.6. The van der Waals surface area contributed by atoms with Crippen LogP contribution in [-0.2, 0) is 0 Å². The molecule has 0 amide bonds. The van der Waals surface area contributed by atoms with Gasteiger partial charge < -0.3 is 10.2 Å². The van der Waals surface area contributed by atoms with E-state index >= 15 is 0 Å². The van der Waals surface area contributed by atoms with Gasteiger partial charge in [-0.2, -0.15) is 4.98 Å². The van der Waals surface area contributed by atoms with Crippen LogP contribution in [0, 0.1) is 12.7 Å². The summed E-state index contributed by atoms with van der Waals surface area (Å²) in [4.78, 5) is 10.2. The van der Waals surface area contributed by atoms with E-state index in [-0.39, 0.29) is 5.82 Å². The lowest BCUT2D eigenvalue weighted by Crippen LogP contribution is -2.15. The summed E-state index contributed by atoms with van der Waals surface area (Å²) in [5.41, 5.74) is 1.38. The summed E-state index contributed by atoms with van der Waals surface area (Å²) in [5, 5.41) is 2.87. The summed E-state index contributed by atoms with van der Waals surface area (Å²) in [6.07, 6.45) is 1.71. The number of halogens is 1. The van der Waals surface area contributed by atoms with Crippen molar-refractivity contribution in [1.29, 1.82) is 0 Å². The standard InChI is InChI=1S/C13H15FN4/c1-9-8-16-13(15-2)17-12(9)18(3)11-7-5-4-6-10(11)14/h4-8H,1-3H3,(H,15,16,17). The van der Waals surface area contributed by atoms with Crippen LogP contribution < -0.4 is 10.2 Å². The van der Waals surface area contributed by atoms with Gasteiger partial charge in [-0.15, -0.1) is 0 Å². The molecule has 1 heterocycles. The van der Waals surface area contributed by atoms with E-state index in [1.807, 2.05) is 6.92 Å². The highest BCUT2D eigenvalue weighted by molar-refractivity contribution is 5.63. The van der Waals surface area contributed by atoms with Crippen LogP contribution in [0.2, 0.25) is 0 Å². The Kier molecular flexibility index (Phi) is 3.41. The summed E-state index contributed by atoms with van der Waals surface area (Å²) in [5.74, 6) is 0.919. The zero-order chi connectivity index (χ0) is 13.1. The molecule has 0 bridgehead atoms. The third-order valence-electron chi connectivity index (χ3n) is 2.70. The van der Waals surface area contributed by atoms with Crippen molar-refractivity contribution in [3.05, 3.63) is 41.8 Å². The average molecular weight is 246 g/mol. The first-order valence-electron chi connectivity index (χ1n) is 5.63. The molecule has 2 rings (SSSR count). The summed E-state index contributed by atoms with van der Waals surface area (Å²) in [6, 6.07) is 6.61. The first kappa shape index (κ1) is 12.3. The van der Waals surface area contributed by atoms with Gasteiger partial charge in [0, 0.05) is 25.9 Å². The van der Waals surface area contributed by atoms with Crippen molar-refractivity contribution in [2.75, 3.05) is 24.3 Å². The third kappa shape index (κ3) is 2.25. The van der Waals surface area contributed by atoms with E-state index in [1.165, 1.54) is 6.07 Å². The summed E-state index contributed by atoms with van der Waals surface area (Å²) in [7, 11) is 3.53. The molecule has 5 heteroatoms. The van der Waals surface area contributed by atoms with Crippen LogP contribution in [0.5, 0.6) is 0 Å². The minimum Gasteiger partial charge on any atom is -0.357 e. The van der Waals surface area contributed by atoms with E-state index in [9.17, 15) is 4.39 Å². The Bertz CT molecular complexity index is 556. The third-order valence-corrected chi connectivity index (χ3v) is 2.70. The fourth-order valence-electron chi connectivity index (χ4n) is 1.73. The number of aryl methyl sites for hydroxylation is 1. The number of hydrogen-bond donors (Lipinski definition) is 1. The number of anilines is 3. The number of benzene rings is 1. The van der Waals surface area contributed by atoms with Gasteiger partial charge in [0.05, 0.1) is 5.69 Å². The Morgan fingerprint density at radius 1 is 1.28 bits per heavy atom. The predicted octanol–water partition coefficient (Wildman–Crippen LogP) is 2.73. The second kappa shape index (κ2) is 5.00. The minimum atomic E-state index is -0.274. The van der Waals surface area contributed by atoms with E-state index in [0.29, 0.717) is 17.5 Å². The second-order valence-corrected chi connectivity index (χ2v) is 3.96. The van der Waals surface area contributed by atoms with Crippen molar-refractivity contribution >= 4 is 17.5 Å². The number of rotatable bonds is 3.